The van der Waals surface area contributed by atoms with Crippen molar-refractivity contribution in [3.05, 3.63) is 0 Å². The molecule has 1 atom stereocenters. The van der Waals surface area contributed by atoms with Crippen LogP contribution in [0.25, 0.3) is 0 Å². The summed E-state index contributed by atoms with van der Waals surface area (Å²) in [6, 6.07) is 0. The summed E-state index contributed by atoms with van der Waals surface area (Å²) in [5.74, 6) is 2.12. The van der Waals surface area contributed by atoms with Crippen molar-refractivity contribution >= 4 is 5.97 Å². The average molecular weight is 371 g/mol. The summed E-state index contributed by atoms with van der Waals surface area (Å²) < 4.78 is 4.85. The Morgan fingerprint density at radius 3 is 1.88 bits per heavy atom. The Morgan fingerprint density at radius 1 is 0.885 bits per heavy atom. The van der Waals surface area contributed by atoms with Crippen LogP contribution >= 0.6 is 0 Å². The predicted molar refractivity (Wildman–Crippen MR) is 100 cm³/mol. The van der Waals surface area contributed by atoms with Gasteiger partial charge in [-0.25, -0.2) is 9.78 Å². The highest BCUT2D eigenvalue weighted by Gasteiger charge is 2.27. The Balaban J connectivity index is 1.52. The molecule has 0 aromatic heterocycles. The number of methoxy groups -OCH3 is 1. The highest BCUT2D eigenvalue weighted by Crippen LogP contribution is 2.34. The molecule has 5 heteroatoms. The maximum Gasteiger partial charge on any atom is 0.308 e. The van der Waals surface area contributed by atoms with Crippen LogP contribution in [-0.4, -0.2) is 38.0 Å². The van der Waals surface area contributed by atoms with Gasteiger partial charge in [-0.05, 0) is 82.0 Å². The van der Waals surface area contributed by atoms with Gasteiger partial charge < -0.3 is 9.84 Å². The summed E-state index contributed by atoms with van der Waals surface area (Å²) in [5.41, 5.74) is 0. The molecule has 2 aliphatic carbocycles. The zero-order chi connectivity index (χ0) is 18.8. The lowest BCUT2D eigenvalue weighted by atomic mass is 9.78. The van der Waals surface area contributed by atoms with Gasteiger partial charge in [-0.2, -0.15) is 0 Å². The predicted octanol–water partition coefficient (Wildman–Crippen LogP) is 4.27. The first-order valence-electron chi connectivity index (χ1n) is 10.5. The van der Waals surface area contributed by atoms with E-state index in [0.29, 0.717) is 18.4 Å². The van der Waals surface area contributed by atoms with E-state index in [9.17, 15) is 9.90 Å². The first-order chi connectivity index (χ1) is 12.6. The largest absolute Gasteiger partial charge is 0.469 e. The monoisotopic (exact) mass is 370 g/mol. The molecule has 0 aromatic carbocycles. The molecule has 1 unspecified atom stereocenters. The molecular formula is C21H38O5. The Morgan fingerprint density at radius 2 is 1.38 bits per heavy atom. The van der Waals surface area contributed by atoms with Crippen LogP contribution in [0.1, 0.15) is 77.0 Å². The minimum Gasteiger partial charge on any atom is -0.469 e. The van der Waals surface area contributed by atoms with Crippen molar-refractivity contribution in [1.82, 2.24) is 0 Å². The van der Waals surface area contributed by atoms with E-state index >= 15 is 0 Å². The lowest BCUT2D eigenvalue weighted by Crippen LogP contribution is -2.23. The summed E-state index contributed by atoms with van der Waals surface area (Å²) in [6.45, 7) is 0.712. The van der Waals surface area contributed by atoms with Gasteiger partial charge in [-0.3, -0.25) is 4.79 Å². The summed E-state index contributed by atoms with van der Waals surface area (Å²) in [7, 11) is 3.04. The van der Waals surface area contributed by atoms with E-state index in [1.165, 1.54) is 32.8 Å². The van der Waals surface area contributed by atoms with Crippen molar-refractivity contribution in [1.29, 1.82) is 0 Å². The quantitative estimate of drug-likeness (QED) is 0.353. The Kier molecular flexibility index (Phi) is 9.94. The van der Waals surface area contributed by atoms with E-state index in [1.807, 2.05) is 0 Å². The number of carbonyl (C=O) groups excluding carboxylic acids is 1. The molecular weight excluding hydrogens is 332 g/mol. The molecule has 152 valence electrons. The van der Waals surface area contributed by atoms with Crippen molar-refractivity contribution in [2.75, 3.05) is 20.8 Å². The van der Waals surface area contributed by atoms with E-state index in [1.54, 1.807) is 7.11 Å². The summed E-state index contributed by atoms with van der Waals surface area (Å²) in [4.78, 5) is 21.3. The Hall–Kier alpha value is -0.650. The molecule has 2 rings (SSSR count). The van der Waals surface area contributed by atoms with Crippen LogP contribution in [0.15, 0.2) is 0 Å². The number of esters is 1. The van der Waals surface area contributed by atoms with Crippen LogP contribution in [0.4, 0.5) is 0 Å². The van der Waals surface area contributed by atoms with Gasteiger partial charge in [0.15, 0.2) is 0 Å². The first-order valence-corrected chi connectivity index (χ1v) is 10.5. The SMILES string of the molecule is COOCC1CCC(CCC(O)CCC2CCC(C(=O)OC)CC2)CC1. The molecule has 0 bridgehead atoms. The van der Waals surface area contributed by atoms with E-state index in [4.69, 9.17) is 14.5 Å². The van der Waals surface area contributed by atoms with Gasteiger partial charge in [0.1, 0.15) is 0 Å². The summed E-state index contributed by atoms with van der Waals surface area (Å²) >= 11 is 0. The maximum atomic E-state index is 11.6. The number of rotatable bonds is 10. The lowest BCUT2D eigenvalue weighted by Gasteiger charge is -2.29. The smallest absolute Gasteiger partial charge is 0.308 e. The van der Waals surface area contributed by atoms with Gasteiger partial charge in [-0.15, -0.1) is 0 Å². The molecule has 0 aromatic rings. The molecule has 0 aliphatic heterocycles. The highest BCUT2D eigenvalue weighted by molar-refractivity contribution is 5.72. The van der Waals surface area contributed by atoms with E-state index in [-0.39, 0.29) is 18.0 Å². The standard InChI is InChI=1S/C21H38O5/c1-24-21(23)19-11-7-17(8-12-19)10-14-20(22)13-9-16-3-5-18(6-4-16)15-26-25-2/h16-20,22H,3-15H2,1-2H3. The van der Waals surface area contributed by atoms with Gasteiger partial charge in [0.2, 0.25) is 0 Å². The fourth-order valence-electron chi connectivity index (χ4n) is 4.71. The zero-order valence-corrected chi connectivity index (χ0v) is 16.7. The topological polar surface area (TPSA) is 65.0 Å². The van der Waals surface area contributed by atoms with Gasteiger partial charge in [0.25, 0.3) is 0 Å². The van der Waals surface area contributed by atoms with E-state index in [0.717, 1.165) is 57.3 Å². The fraction of sp³-hybridized carbons (Fsp3) is 0.952. The first kappa shape index (κ1) is 21.6. The molecule has 0 radical (unpaired) electrons. The fourth-order valence-corrected chi connectivity index (χ4v) is 4.71. The molecule has 0 amide bonds. The highest BCUT2D eigenvalue weighted by atomic mass is 17.2. The maximum absolute atomic E-state index is 11.6. The average Bonchev–Trinajstić information content (AvgIpc) is 2.69. The Labute approximate surface area is 158 Å². The van der Waals surface area contributed by atoms with Crippen molar-refractivity contribution in [2.45, 2.75) is 83.2 Å². The molecule has 26 heavy (non-hydrogen) atoms. The number of carbonyl (C=O) groups is 1. The molecule has 2 fully saturated rings. The number of hydrogen-bond acceptors (Lipinski definition) is 5. The van der Waals surface area contributed by atoms with E-state index in [2.05, 4.69) is 0 Å². The van der Waals surface area contributed by atoms with Gasteiger partial charge in [-0.1, -0.05) is 12.8 Å². The molecule has 2 saturated carbocycles. The number of hydrogen-bond donors (Lipinski definition) is 1. The third-order valence-corrected chi connectivity index (χ3v) is 6.59. The summed E-state index contributed by atoms with van der Waals surface area (Å²) in [6.07, 6.45) is 12.9. The van der Waals surface area contributed by atoms with Gasteiger partial charge in [0.05, 0.1) is 32.8 Å². The third-order valence-electron chi connectivity index (χ3n) is 6.59. The van der Waals surface area contributed by atoms with Crippen molar-refractivity contribution in [3.63, 3.8) is 0 Å². The molecule has 2 aliphatic rings. The lowest BCUT2D eigenvalue weighted by molar-refractivity contribution is -0.281. The van der Waals surface area contributed by atoms with Crippen LogP contribution in [-0.2, 0) is 19.3 Å². The second-order valence-electron chi connectivity index (χ2n) is 8.39. The van der Waals surface area contributed by atoms with Crippen LogP contribution in [0.3, 0.4) is 0 Å². The van der Waals surface area contributed by atoms with Crippen molar-refractivity contribution < 1.29 is 24.4 Å². The molecule has 5 nitrogen and oxygen atoms in total. The van der Waals surface area contributed by atoms with Crippen LogP contribution in [0.2, 0.25) is 0 Å². The molecule has 1 N–H and O–H groups in total. The molecule has 0 saturated heterocycles. The Bertz CT molecular complexity index is 384. The summed E-state index contributed by atoms with van der Waals surface area (Å²) in [5, 5.41) is 10.3. The normalized spacial score (nSPS) is 30.7. The molecule has 0 spiro atoms. The second kappa shape index (κ2) is 11.9. The van der Waals surface area contributed by atoms with Gasteiger partial charge in [0, 0.05) is 0 Å². The van der Waals surface area contributed by atoms with Crippen molar-refractivity contribution in [2.24, 2.45) is 23.7 Å². The van der Waals surface area contributed by atoms with Crippen molar-refractivity contribution in [3.8, 4) is 0 Å². The minimum absolute atomic E-state index is 0.0491. The van der Waals surface area contributed by atoms with E-state index < -0.39 is 0 Å². The zero-order valence-electron chi connectivity index (χ0n) is 16.7. The second-order valence-corrected chi connectivity index (χ2v) is 8.39. The molecule has 0 heterocycles. The van der Waals surface area contributed by atoms with Crippen LogP contribution < -0.4 is 0 Å². The number of aliphatic hydroxyl groups excluding tert-OH is 1. The number of ether oxygens (including phenoxy) is 1. The number of aliphatic hydroxyl groups is 1. The minimum atomic E-state index is -0.164. The van der Waals surface area contributed by atoms with Gasteiger partial charge >= 0.3 is 5.97 Å². The van der Waals surface area contributed by atoms with Crippen LogP contribution in [0.5, 0.6) is 0 Å². The third kappa shape index (κ3) is 7.53. The van der Waals surface area contributed by atoms with Crippen LogP contribution in [0, 0.1) is 23.7 Å².